The third-order valence-corrected chi connectivity index (χ3v) is 3.98. The van der Waals surface area contributed by atoms with Crippen LogP contribution in [0.5, 0.6) is 0 Å². The minimum atomic E-state index is 0.441. The smallest absolute Gasteiger partial charge is 0.0449 e. The van der Waals surface area contributed by atoms with E-state index in [4.69, 9.17) is 0 Å². The van der Waals surface area contributed by atoms with Gasteiger partial charge in [-0.05, 0) is 43.1 Å². The molecule has 0 heterocycles. The number of hydrogen-bond acceptors (Lipinski definition) is 2. The maximum atomic E-state index is 3.69. The summed E-state index contributed by atoms with van der Waals surface area (Å²) in [5, 5.41) is 3.69. The van der Waals surface area contributed by atoms with Gasteiger partial charge in [-0.1, -0.05) is 58.9 Å². The van der Waals surface area contributed by atoms with Crippen LogP contribution in [0.3, 0.4) is 0 Å². The Kier molecular flexibility index (Phi) is 7.86. The molecule has 0 saturated heterocycles. The number of nitrogens with zero attached hydrogens (tertiary/aromatic N) is 1. The van der Waals surface area contributed by atoms with Crippen LogP contribution >= 0.6 is 0 Å². The summed E-state index contributed by atoms with van der Waals surface area (Å²) >= 11 is 0. The van der Waals surface area contributed by atoms with E-state index in [2.05, 4.69) is 69.1 Å². The van der Waals surface area contributed by atoms with Crippen molar-refractivity contribution in [2.75, 3.05) is 26.2 Å². The molecule has 1 unspecified atom stereocenters. The third kappa shape index (κ3) is 5.26. The molecule has 0 fully saturated rings. The Hall–Kier alpha value is -0.860. The van der Waals surface area contributed by atoms with Crippen molar-refractivity contribution in [3.05, 3.63) is 35.4 Å². The van der Waals surface area contributed by atoms with Gasteiger partial charge in [0.1, 0.15) is 0 Å². The van der Waals surface area contributed by atoms with E-state index in [0.29, 0.717) is 12.0 Å². The molecule has 1 aromatic carbocycles. The number of hydrogen-bond donors (Lipinski definition) is 1. The van der Waals surface area contributed by atoms with Gasteiger partial charge in [-0.15, -0.1) is 0 Å². The first-order chi connectivity index (χ1) is 9.62. The van der Waals surface area contributed by atoms with Crippen molar-refractivity contribution in [2.45, 2.75) is 53.0 Å². The Morgan fingerprint density at radius 2 is 1.50 bits per heavy atom. The Morgan fingerprint density at radius 1 is 0.950 bits per heavy atom. The summed E-state index contributed by atoms with van der Waals surface area (Å²) in [6, 6.07) is 9.60. The standard InChI is InChI=1S/C18H32N2/c1-6-13-19-18(14-20(7-2)8-3)17-11-9-16(10-12-17)15(4)5/h9-12,15,18-19H,6-8,13-14H2,1-5H3. The largest absolute Gasteiger partial charge is 0.309 e. The first-order valence-electron chi connectivity index (χ1n) is 8.17. The SMILES string of the molecule is CCCNC(CN(CC)CC)c1ccc(C(C)C)cc1. The normalized spacial score (nSPS) is 13.2. The molecule has 0 aromatic heterocycles. The van der Waals surface area contributed by atoms with Crippen LogP contribution in [0.2, 0.25) is 0 Å². The first-order valence-corrected chi connectivity index (χ1v) is 8.17. The van der Waals surface area contributed by atoms with Crippen molar-refractivity contribution in [2.24, 2.45) is 0 Å². The van der Waals surface area contributed by atoms with Gasteiger partial charge >= 0.3 is 0 Å². The highest BCUT2D eigenvalue weighted by Crippen LogP contribution is 2.19. The van der Waals surface area contributed by atoms with Crippen molar-refractivity contribution < 1.29 is 0 Å². The van der Waals surface area contributed by atoms with Crippen molar-refractivity contribution in [1.29, 1.82) is 0 Å². The van der Waals surface area contributed by atoms with Gasteiger partial charge in [-0.25, -0.2) is 0 Å². The van der Waals surface area contributed by atoms with Gasteiger partial charge in [-0.2, -0.15) is 0 Å². The van der Waals surface area contributed by atoms with Gasteiger partial charge in [0.15, 0.2) is 0 Å². The monoisotopic (exact) mass is 276 g/mol. The lowest BCUT2D eigenvalue weighted by Gasteiger charge is -2.27. The van der Waals surface area contributed by atoms with Gasteiger partial charge in [0.05, 0.1) is 0 Å². The van der Waals surface area contributed by atoms with E-state index in [0.717, 1.165) is 26.2 Å². The van der Waals surface area contributed by atoms with Crippen LogP contribution in [0.1, 0.15) is 64.1 Å². The van der Waals surface area contributed by atoms with Gasteiger partial charge in [0.25, 0.3) is 0 Å². The van der Waals surface area contributed by atoms with E-state index in [-0.39, 0.29) is 0 Å². The van der Waals surface area contributed by atoms with Crippen LogP contribution in [0.15, 0.2) is 24.3 Å². The van der Waals surface area contributed by atoms with E-state index in [1.807, 2.05) is 0 Å². The van der Waals surface area contributed by atoms with Crippen LogP contribution < -0.4 is 5.32 Å². The predicted octanol–water partition coefficient (Wildman–Crippen LogP) is 4.19. The molecule has 1 rings (SSSR count). The summed E-state index contributed by atoms with van der Waals surface area (Å²) in [5.41, 5.74) is 2.83. The van der Waals surface area contributed by atoms with E-state index in [1.54, 1.807) is 0 Å². The van der Waals surface area contributed by atoms with Crippen LogP contribution in [-0.2, 0) is 0 Å². The van der Waals surface area contributed by atoms with Crippen molar-refractivity contribution >= 4 is 0 Å². The average Bonchev–Trinajstić information content (AvgIpc) is 2.48. The Balaban J connectivity index is 2.80. The molecule has 0 spiro atoms. The molecule has 2 heteroatoms. The van der Waals surface area contributed by atoms with Gasteiger partial charge in [0, 0.05) is 12.6 Å². The number of likely N-dealkylation sites (N-methyl/N-ethyl adjacent to an activating group) is 1. The molecule has 2 nitrogen and oxygen atoms in total. The molecular formula is C18H32N2. The molecule has 1 N–H and O–H groups in total. The second-order valence-corrected chi connectivity index (χ2v) is 5.81. The topological polar surface area (TPSA) is 15.3 Å². The average molecular weight is 276 g/mol. The van der Waals surface area contributed by atoms with Crippen LogP contribution in [0.4, 0.5) is 0 Å². The summed E-state index contributed by atoms with van der Waals surface area (Å²) < 4.78 is 0. The van der Waals surface area contributed by atoms with Crippen molar-refractivity contribution in [3.63, 3.8) is 0 Å². The lowest BCUT2D eigenvalue weighted by atomic mass is 9.98. The molecular weight excluding hydrogens is 244 g/mol. The summed E-state index contributed by atoms with van der Waals surface area (Å²) in [4.78, 5) is 2.49. The molecule has 114 valence electrons. The summed E-state index contributed by atoms with van der Waals surface area (Å²) in [7, 11) is 0. The zero-order valence-electron chi connectivity index (χ0n) is 13.9. The first kappa shape index (κ1) is 17.2. The fraction of sp³-hybridized carbons (Fsp3) is 0.667. The van der Waals surface area contributed by atoms with Crippen molar-refractivity contribution in [3.8, 4) is 0 Å². The van der Waals surface area contributed by atoms with Gasteiger partial charge < -0.3 is 10.2 Å². The van der Waals surface area contributed by atoms with Crippen LogP contribution in [-0.4, -0.2) is 31.1 Å². The highest BCUT2D eigenvalue weighted by molar-refractivity contribution is 5.27. The molecule has 1 atom stereocenters. The Morgan fingerprint density at radius 3 is 1.95 bits per heavy atom. The minimum absolute atomic E-state index is 0.441. The highest BCUT2D eigenvalue weighted by Gasteiger charge is 2.14. The summed E-state index contributed by atoms with van der Waals surface area (Å²) in [6.07, 6.45) is 1.18. The molecule has 0 aliphatic rings. The second-order valence-electron chi connectivity index (χ2n) is 5.81. The number of benzene rings is 1. The zero-order valence-corrected chi connectivity index (χ0v) is 13.9. The van der Waals surface area contributed by atoms with Crippen LogP contribution in [0, 0.1) is 0 Å². The lowest BCUT2D eigenvalue weighted by molar-refractivity contribution is 0.266. The fourth-order valence-electron chi connectivity index (χ4n) is 2.46. The van der Waals surface area contributed by atoms with Gasteiger partial charge in [0.2, 0.25) is 0 Å². The molecule has 0 saturated carbocycles. The third-order valence-electron chi connectivity index (χ3n) is 3.98. The lowest BCUT2D eigenvalue weighted by Crippen LogP contribution is -2.35. The fourth-order valence-corrected chi connectivity index (χ4v) is 2.46. The van der Waals surface area contributed by atoms with Gasteiger partial charge in [-0.3, -0.25) is 0 Å². The summed E-state index contributed by atoms with van der Waals surface area (Å²) in [5.74, 6) is 0.605. The number of nitrogens with one attached hydrogen (secondary N) is 1. The Bertz CT molecular complexity index is 352. The van der Waals surface area contributed by atoms with Crippen LogP contribution in [0.25, 0.3) is 0 Å². The van der Waals surface area contributed by atoms with E-state index in [9.17, 15) is 0 Å². The molecule has 0 radical (unpaired) electrons. The Labute approximate surface area is 125 Å². The highest BCUT2D eigenvalue weighted by atomic mass is 15.1. The second kappa shape index (κ2) is 9.15. The number of rotatable bonds is 9. The molecule has 0 aliphatic carbocycles. The molecule has 0 aliphatic heterocycles. The molecule has 0 bridgehead atoms. The van der Waals surface area contributed by atoms with E-state index in [1.165, 1.54) is 17.5 Å². The maximum Gasteiger partial charge on any atom is 0.0449 e. The maximum absolute atomic E-state index is 3.69. The van der Waals surface area contributed by atoms with E-state index < -0.39 is 0 Å². The summed E-state index contributed by atoms with van der Waals surface area (Å²) in [6.45, 7) is 15.6. The molecule has 20 heavy (non-hydrogen) atoms. The molecule has 1 aromatic rings. The van der Waals surface area contributed by atoms with E-state index >= 15 is 0 Å². The molecule has 0 amide bonds. The van der Waals surface area contributed by atoms with Crippen molar-refractivity contribution in [1.82, 2.24) is 10.2 Å². The minimum Gasteiger partial charge on any atom is -0.309 e. The quantitative estimate of drug-likeness (QED) is 0.727. The zero-order chi connectivity index (χ0) is 15.0. The predicted molar refractivity (Wildman–Crippen MR) is 89.4 cm³/mol.